The minimum atomic E-state index is 0.611. The Morgan fingerprint density at radius 2 is 1.41 bits per heavy atom. The van der Waals surface area contributed by atoms with Crippen LogP contribution in [0.5, 0.6) is 11.5 Å². The first kappa shape index (κ1) is 23.5. The quantitative estimate of drug-likeness (QED) is 0.270. The van der Waals surface area contributed by atoms with Crippen LogP contribution in [0, 0.1) is 0 Å². The molecular formula is C28H31N3O3. The van der Waals surface area contributed by atoms with Crippen LogP contribution in [0.4, 0.5) is 0 Å². The summed E-state index contributed by atoms with van der Waals surface area (Å²) in [5, 5.41) is 0. The van der Waals surface area contributed by atoms with E-state index in [9.17, 15) is 0 Å². The van der Waals surface area contributed by atoms with Gasteiger partial charge in [0.05, 0.1) is 32.2 Å². The molecule has 2 heterocycles. The van der Waals surface area contributed by atoms with Crippen molar-refractivity contribution >= 4 is 0 Å². The molecule has 0 saturated carbocycles. The first-order valence-electron chi connectivity index (χ1n) is 11.5. The van der Waals surface area contributed by atoms with Crippen LogP contribution in [0.25, 0.3) is 22.5 Å². The number of hydrogen-bond donors (Lipinski definition) is 0. The van der Waals surface area contributed by atoms with Crippen LogP contribution in [0.3, 0.4) is 0 Å². The molecule has 4 rings (SSSR count). The van der Waals surface area contributed by atoms with Crippen molar-refractivity contribution in [2.24, 2.45) is 7.05 Å². The number of unbranched alkanes of at least 4 members (excludes halogenated alkanes) is 1. The summed E-state index contributed by atoms with van der Waals surface area (Å²) in [7, 11) is 5.44. The molecule has 0 aliphatic heterocycles. The minimum absolute atomic E-state index is 0.611. The molecule has 0 amide bonds. The normalized spacial score (nSPS) is 10.9. The summed E-state index contributed by atoms with van der Waals surface area (Å²) in [6.07, 6.45) is 6.51. The summed E-state index contributed by atoms with van der Waals surface area (Å²) >= 11 is 0. The molecule has 4 aromatic rings. The van der Waals surface area contributed by atoms with Crippen molar-refractivity contribution in [2.75, 3.05) is 20.8 Å². The fraction of sp³-hybridized carbons (Fsp3) is 0.286. The number of imidazole rings is 1. The van der Waals surface area contributed by atoms with E-state index in [1.807, 2.05) is 60.9 Å². The first-order chi connectivity index (χ1) is 16.7. The molecular weight excluding hydrogens is 426 g/mol. The highest BCUT2D eigenvalue weighted by atomic mass is 16.5. The Bertz CT molecular complexity index is 1170. The minimum Gasteiger partial charge on any atom is -0.497 e. The molecule has 0 aliphatic rings. The van der Waals surface area contributed by atoms with Gasteiger partial charge in [-0.3, -0.25) is 4.98 Å². The van der Waals surface area contributed by atoms with Crippen LogP contribution >= 0.6 is 0 Å². The van der Waals surface area contributed by atoms with Crippen molar-refractivity contribution < 1.29 is 14.2 Å². The average molecular weight is 458 g/mol. The van der Waals surface area contributed by atoms with E-state index in [1.165, 1.54) is 0 Å². The second-order valence-electron chi connectivity index (χ2n) is 8.11. The first-order valence-corrected chi connectivity index (χ1v) is 11.5. The SMILES string of the molecule is COc1ccc(COCCCCc2nc(-c3ccc(OC)cc3)c(-c3ccncc3)n2C)cc1. The van der Waals surface area contributed by atoms with Crippen molar-refractivity contribution in [3.8, 4) is 34.0 Å². The van der Waals surface area contributed by atoms with Crippen molar-refractivity contribution in [1.82, 2.24) is 14.5 Å². The Balaban J connectivity index is 1.40. The molecule has 6 heteroatoms. The lowest BCUT2D eigenvalue weighted by molar-refractivity contribution is 0.117. The van der Waals surface area contributed by atoms with Gasteiger partial charge in [0, 0.05) is 43.6 Å². The molecule has 0 unspecified atom stereocenters. The molecule has 0 spiro atoms. The standard InChI is InChI=1S/C28H31N3O3/c1-31-26(6-4-5-19-34-20-21-7-11-24(32-2)12-8-21)30-27(22-9-13-25(33-3)14-10-22)28(31)23-15-17-29-18-16-23/h7-18H,4-6,19-20H2,1-3H3. The van der Waals surface area contributed by atoms with Crippen LogP contribution in [0.15, 0.2) is 73.1 Å². The monoisotopic (exact) mass is 457 g/mol. The summed E-state index contributed by atoms with van der Waals surface area (Å²) in [5.74, 6) is 2.76. The van der Waals surface area contributed by atoms with Gasteiger partial charge < -0.3 is 18.8 Å². The maximum atomic E-state index is 5.86. The van der Waals surface area contributed by atoms with E-state index in [0.717, 1.165) is 71.3 Å². The van der Waals surface area contributed by atoms with Gasteiger partial charge in [0.25, 0.3) is 0 Å². The summed E-state index contributed by atoms with van der Waals surface area (Å²) in [6, 6.07) is 20.1. The Morgan fingerprint density at radius 1 is 0.765 bits per heavy atom. The lowest BCUT2D eigenvalue weighted by atomic mass is 10.1. The Kier molecular flexibility index (Phi) is 7.94. The molecule has 2 aromatic carbocycles. The lowest BCUT2D eigenvalue weighted by Crippen LogP contribution is -2.02. The number of methoxy groups -OCH3 is 2. The molecule has 34 heavy (non-hydrogen) atoms. The Labute approximate surface area is 201 Å². The van der Waals surface area contributed by atoms with Gasteiger partial charge in [0.2, 0.25) is 0 Å². The summed E-state index contributed by atoms with van der Waals surface area (Å²) < 4.78 is 18.6. The van der Waals surface area contributed by atoms with Crippen molar-refractivity contribution in [3.05, 3.63) is 84.4 Å². The zero-order valence-corrected chi connectivity index (χ0v) is 20.0. The third kappa shape index (κ3) is 5.64. The maximum Gasteiger partial charge on any atom is 0.118 e. The van der Waals surface area contributed by atoms with Crippen LogP contribution in [0.1, 0.15) is 24.2 Å². The predicted molar refractivity (Wildman–Crippen MR) is 134 cm³/mol. The van der Waals surface area contributed by atoms with Gasteiger partial charge in [0.15, 0.2) is 0 Å². The van der Waals surface area contributed by atoms with E-state index in [1.54, 1.807) is 14.2 Å². The van der Waals surface area contributed by atoms with E-state index in [0.29, 0.717) is 6.61 Å². The van der Waals surface area contributed by atoms with E-state index in [4.69, 9.17) is 19.2 Å². The van der Waals surface area contributed by atoms with Crippen LogP contribution in [-0.2, 0) is 24.8 Å². The van der Waals surface area contributed by atoms with Gasteiger partial charge >= 0.3 is 0 Å². The highest BCUT2D eigenvalue weighted by molar-refractivity contribution is 5.79. The van der Waals surface area contributed by atoms with Crippen LogP contribution in [0.2, 0.25) is 0 Å². The van der Waals surface area contributed by atoms with E-state index < -0.39 is 0 Å². The largest absolute Gasteiger partial charge is 0.497 e. The maximum absolute atomic E-state index is 5.86. The second kappa shape index (κ2) is 11.5. The molecule has 2 aromatic heterocycles. The molecule has 176 valence electrons. The van der Waals surface area contributed by atoms with E-state index in [2.05, 4.69) is 28.7 Å². The number of aryl methyl sites for hydroxylation is 1. The molecule has 6 nitrogen and oxygen atoms in total. The highest BCUT2D eigenvalue weighted by Gasteiger charge is 2.18. The highest BCUT2D eigenvalue weighted by Crippen LogP contribution is 2.33. The molecule has 0 saturated heterocycles. The van der Waals surface area contributed by atoms with Gasteiger partial charge in [-0.1, -0.05) is 12.1 Å². The number of benzene rings is 2. The summed E-state index contributed by atoms with van der Waals surface area (Å²) in [5.41, 5.74) is 5.39. The van der Waals surface area contributed by atoms with Crippen molar-refractivity contribution in [3.63, 3.8) is 0 Å². The second-order valence-corrected chi connectivity index (χ2v) is 8.11. The van der Waals surface area contributed by atoms with E-state index >= 15 is 0 Å². The van der Waals surface area contributed by atoms with Gasteiger partial charge in [-0.15, -0.1) is 0 Å². The molecule has 0 atom stereocenters. The Morgan fingerprint density at radius 3 is 2.06 bits per heavy atom. The summed E-state index contributed by atoms with van der Waals surface area (Å²) in [4.78, 5) is 9.22. The molecule has 0 bridgehead atoms. The van der Waals surface area contributed by atoms with Crippen molar-refractivity contribution in [2.45, 2.75) is 25.9 Å². The number of pyridine rings is 1. The van der Waals surface area contributed by atoms with Gasteiger partial charge in [-0.05, 0) is 66.9 Å². The third-order valence-corrected chi connectivity index (χ3v) is 5.87. The van der Waals surface area contributed by atoms with E-state index in [-0.39, 0.29) is 0 Å². The summed E-state index contributed by atoms with van der Waals surface area (Å²) in [6.45, 7) is 1.33. The molecule has 0 fully saturated rings. The van der Waals surface area contributed by atoms with Crippen molar-refractivity contribution in [1.29, 1.82) is 0 Å². The van der Waals surface area contributed by atoms with Crippen LogP contribution in [-0.4, -0.2) is 35.4 Å². The molecule has 0 N–H and O–H groups in total. The predicted octanol–water partition coefficient (Wildman–Crippen LogP) is 5.71. The average Bonchev–Trinajstić information content (AvgIpc) is 3.22. The zero-order valence-electron chi connectivity index (χ0n) is 20.0. The third-order valence-electron chi connectivity index (χ3n) is 5.87. The number of ether oxygens (including phenoxy) is 3. The smallest absolute Gasteiger partial charge is 0.118 e. The number of hydrogen-bond acceptors (Lipinski definition) is 5. The zero-order chi connectivity index (χ0) is 23.8. The fourth-order valence-corrected chi connectivity index (χ4v) is 3.96. The van der Waals surface area contributed by atoms with Gasteiger partial charge in [-0.25, -0.2) is 4.98 Å². The lowest BCUT2D eigenvalue weighted by Gasteiger charge is -2.08. The van der Waals surface area contributed by atoms with Gasteiger partial charge in [0.1, 0.15) is 17.3 Å². The van der Waals surface area contributed by atoms with Crippen LogP contribution < -0.4 is 9.47 Å². The number of nitrogens with zero attached hydrogens (tertiary/aromatic N) is 3. The molecule has 0 aliphatic carbocycles. The number of rotatable bonds is 11. The fourth-order valence-electron chi connectivity index (χ4n) is 3.96. The molecule has 0 radical (unpaired) electrons. The Hall–Kier alpha value is -3.64. The number of aromatic nitrogens is 3. The topological polar surface area (TPSA) is 58.4 Å². The van der Waals surface area contributed by atoms with Gasteiger partial charge in [-0.2, -0.15) is 0 Å².